The van der Waals surface area contributed by atoms with Gasteiger partial charge in [0.15, 0.2) is 0 Å². The fourth-order valence-electron chi connectivity index (χ4n) is 1.44. The number of pyridine rings is 1. The lowest BCUT2D eigenvalue weighted by Gasteiger charge is -2.12. The SMILES string of the molecule is OC(c1cccnc1)c1ccc(F)cc1I. The second-order valence-electron chi connectivity index (χ2n) is 3.35. The van der Waals surface area contributed by atoms with Crippen LogP contribution < -0.4 is 0 Å². The minimum absolute atomic E-state index is 0.300. The first-order valence-corrected chi connectivity index (χ1v) is 5.79. The molecule has 1 atom stereocenters. The fraction of sp³-hybridized carbons (Fsp3) is 0.0833. The first kappa shape index (κ1) is 11.5. The predicted molar refractivity (Wildman–Crippen MR) is 67.4 cm³/mol. The van der Waals surface area contributed by atoms with E-state index in [1.807, 2.05) is 22.6 Å². The van der Waals surface area contributed by atoms with Gasteiger partial charge in [-0.15, -0.1) is 0 Å². The van der Waals surface area contributed by atoms with E-state index in [0.717, 1.165) is 0 Å². The maximum absolute atomic E-state index is 12.9. The Labute approximate surface area is 106 Å². The van der Waals surface area contributed by atoms with Gasteiger partial charge in [0, 0.05) is 21.5 Å². The Balaban J connectivity index is 2.38. The Morgan fingerprint density at radius 1 is 1.31 bits per heavy atom. The molecule has 0 aliphatic heterocycles. The molecule has 0 bridgehead atoms. The molecule has 0 radical (unpaired) electrons. The molecule has 2 aromatic rings. The third-order valence-electron chi connectivity index (χ3n) is 2.26. The molecule has 2 nitrogen and oxygen atoms in total. The van der Waals surface area contributed by atoms with E-state index in [2.05, 4.69) is 4.98 Å². The first-order chi connectivity index (χ1) is 7.68. The number of aromatic nitrogens is 1. The summed E-state index contributed by atoms with van der Waals surface area (Å²) in [5, 5.41) is 10.1. The number of halogens is 2. The minimum Gasteiger partial charge on any atom is -0.384 e. The van der Waals surface area contributed by atoms with Crippen molar-refractivity contribution in [1.82, 2.24) is 4.98 Å². The van der Waals surface area contributed by atoms with Crippen LogP contribution in [0.4, 0.5) is 4.39 Å². The van der Waals surface area contributed by atoms with Crippen molar-refractivity contribution in [3.8, 4) is 0 Å². The zero-order valence-corrected chi connectivity index (χ0v) is 10.4. The van der Waals surface area contributed by atoms with Crippen molar-refractivity contribution in [2.75, 3.05) is 0 Å². The zero-order chi connectivity index (χ0) is 11.5. The Kier molecular flexibility index (Phi) is 3.50. The lowest BCUT2D eigenvalue weighted by Crippen LogP contribution is -2.02. The van der Waals surface area contributed by atoms with Gasteiger partial charge in [-0.2, -0.15) is 0 Å². The summed E-state index contributed by atoms with van der Waals surface area (Å²) in [5.74, 6) is -0.300. The number of aliphatic hydroxyl groups excluding tert-OH is 1. The molecule has 4 heteroatoms. The molecule has 1 unspecified atom stereocenters. The zero-order valence-electron chi connectivity index (χ0n) is 8.27. The van der Waals surface area contributed by atoms with E-state index in [1.165, 1.54) is 12.1 Å². The highest BCUT2D eigenvalue weighted by Gasteiger charge is 2.13. The van der Waals surface area contributed by atoms with E-state index in [-0.39, 0.29) is 5.82 Å². The summed E-state index contributed by atoms with van der Waals surface area (Å²) in [6, 6.07) is 7.88. The van der Waals surface area contributed by atoms with Crippen molar-refractivity contribution in [2.45, 2.75) is 6.10 Å². The Bertz CT molecular complexity index is 490. The van der Waals surface area contributed by atoms with Gasteiger partial charge < -0.3 is 5.11 Å². The highest BCUT2D eigenvalue weighted by Crippen LogP contribution is 2.25. The Hall–Kier alpha value is -1.01. The topological polar surface area (TPSA) is 33.1 Å². The largest absolute Gasteiger partial charge is 0.384 e. The number of nitrogens with zero attached hydrogens (tertiary/aromatic N) is 1. The highest BCUT2D eigenvalue weighted by molar-refractivity contribution is 14.1. The molecule has 0 amide bonds. The van der Waals surface area contributed by atoms with Gasteiger partial charge in [0.05, 0.1) is 0 Å². The highest BCUT2D eigenvalue weighted by atomic mass is 127. The van der Waals surface area contributed by atoms with E-state index in [0.29, 0.717) is 14.7 Å². The second kappa shape index (κ2) is 4.88. The van der Waals surface area contributed by atoms with Gasteiger partial charge in [0.25, 0.3) is 0 Å². The third kappa shape index (κ3) is 2.38. The molecular formula is C12H9FINO. The lowest BCUT2D eigenvalue weighted by atomic mass is 10.0. The molecule has 0 fully saturated rings. The monoisotopic (exact) mass is 329 g/mol. The number of hydrogen-bond acceptors (Lipinski definition) is 2. The maximum Gasteiger partial charge on any atom is 0.124 e. The number of rotatable bonds is 2. The van der Waals surface area contributed by atoms with E-state index in [4.69, 9.17) is 0 Å². The molecule has 1 aromatic carbocycles. The van der Waals surface area contributed by atoms with Crippen LogP contribution in [0.25, 0.3) is 0 Å². The molecule has 1 heterocycles. The maximum atomic E-state index is 12.9. The van der Waals surface area contributed by atoms with Crippen molar-refractivity contribution in [3.63, 3.8) is 0 Å². The summed E-state index contributed by atoms with van der Waals surface area (Å²) in [4.78, 5) is 3.94. The summed E-state index contributed by atoms with van der Waals surface area (Å²) in [6.45, 7) is 0. The quantitative estimate of drug-likeness (QED) is 0.860. The van der Waals surface area contributed by atoms with Gasteiger partial charge in [-0.1, -0.05) is 12.1 Å². The second-order valence-corrected chi connectivity index (χ2v) is 4.52. The van der Waals surface area contributed by atoms with Crippen molar-refractivity contribution >= 4 is 22.6 Å². The van der Waals surface area contributed by atoms with E-state index in [1.54, 1.807) is 30.6 Å². The molecule has 1 N–H and O–H groups in total. The van der Waals surface area contributed by atoms with Crippen molar-refractivity contribution in [3.05, 3.63) is 63.2 Å². The van der Waals surface area contributed by atoms with Crippen molar-refractivity contribution < 1.29 is 9.50 Å². The van der Waals surface area contributed by atoms with Crippen LogP contribution in [0.5, 0.6) is 0 Å². The number of aliphatic hydroxyl groups is 1. The van der Waals surface area contributed by atoms with Gasteiger partial charge in [-0.25, -0.2) is 4.39 Å². The molecule has 0 saturated carbocycles. The first-order valence-electron chi connectivity index (χ1n) is 4.71. The van der Waals surface area contributed by atoms with Gasteiger partial charge in [0.1, 0.15) is 11.9 Å². The summed E-state index contributed by atoms with van der Waals surface area (Å²) < 4.78 is 13.6. The lowest BCUT2D eigenvalue weighted by molar-refractivity contribution is 0.219. The standard InChI is InChI=1S/C12H9FINO/c13-9-3-4-10(11(14)6-9)12(16)8-2-1-5-15-7-8/h1-7,12,16H. The summed E-state index contributed by atoms with van der Waals surface area (Å²) in [5.41, 5.74) is 1.39. The number of hydrogen-bond donors (Lipinski definition) is 1. The Morgan fingerprint density at radius 3 is 2.75 bits per heavy atom. The average Bonchev–Trinajstić information content (AvgIpc) is 2.29. The van der Waals surface area contributed by atoms with Gasteiger partial charge >= 0.3 is 0 Å². The molecule has 0 saturated heterocycles. The van der Waals surface area contributed by atoms with Crippen LogP contribution >= 0.6 is 22.6 Å². The van der Waals surface area contributed by atoms with Crippen LogP contribution in [0.3, 0.4) is 0 Å². The van der Waals surface area contributed by atoms with E-state index < -0.39 is 6.10 Å². The Morgan fingerprint density at radius 2 is 2.12 bits per heavy atom. The van der Waals surface area contributed by atoms with E-state index >= 15 is 0 Å². The van der Waals surface area contributed by atoms with Crippen LogP contribution in [0.15, 0.2) is 42.7 Å². The molecule has 16 heavy (non-hydrogen) atoms. The number of benzene rings is 1. The van der Waals surface area contributed by atoms with Gasteiger partial charge in [-0.3, -0.25) is 4.98 Å². The summed E-state index contributed by atoms with van der Waals surface area (Å²) in [6.07, 6.45) is 2.48. The molecule has 82 valence electrons. The van der Waals surface area contributed by atoms with E-state index in [9.17, 15) is 9.50 Å². The van der Waals surface area contributed by atoms with Gasteiger partial charge in [-0.05, 0) is 46.4 Å². The van der Waals surface area contributed by atoms with Crippen LogP contribution in [-0.4, -0.2) is 10.1 Å². The molecule has 1 aromatic heterocycles. The molecule has 0 aliphatic carbocycles. The molecule has 2 rings (SSSR count). The molecule has 0 spiro atoms. The van der Waals surface area contributed by atoms with Gasteiger partial charge in [0.2, 0.25) is 0 Å². The average molecular weight is 329 g/mol. The predicted octanol–water partition coefficient (Wildman–Crippen LogP) is 2.91. The molecule has 0 aliphatic rings. The van der Waals surface area contributed by atoms with Crippen LogP contribution in [0, 0.1) is 9.39 Å². The summed E-state index contributed by atoms with van der Waals surface area (Å²) in [7, 11) is 0. The minimum atomic E-state index is -0.763. The fourth-order valence-corrected chi connectivity index (χ4v) is 2.21. The van der Waals surface area contributed by atoms with Crippen molar-refractivity contribution in [1.29, 1.82) is 0 Å². The normalized spacial score (nSPS) is 12.4. The van der Waals surface area contributed by atoms with Crippen molar-refractivity contribution in [2.24, 2.45) is 0 Å². The molecular weight excluding hydrogens is 320 g/mol. The van der Waals surface area contributed by atoms with Crippen LogP contribution in [-0.2, 0) is 0 Å². The third-order valence-corrected chi connectivity index (χ3v) is 3.19. The smallest absolute Gasteiger partial charge is 0.124 e. The van der Waals surface area contributed by atoms with Crippen LogP contribution in [0.1, 0.15) is 17.2 Å². The van der Waals surface area contributed by atoms with Crippen LogP contribution in [0.2, 0.25) is 0 Å². The summed E-state index contributed by atoms with van der Waals surface area (Å²) >= 11 is 2.01.